The quantitative estimate of drug-likeness (QED) is 0.627. The maximum Gasteiger partial charge on any atom is 0.252 e. The number of thioether (sulfide) groups is 1. The average molecular weight is 462 g/mol. The van der Waals surface area contributed by atoms with Gasteiger partial charge in [-0.05, 0) is 48.7 Å². The smallest absolute Gasteiger partial charge is 0.252 e. The van der Waals surface area contributed by atoms with E-state index in [1.165, 1.54) is 22.7 Å². The molecule has 1 aromatic carbocycles. The maximum atomic E-state index is 14.5. The van der Waals surface area contributed by atoms with E-state index in [2.05, 4.69) is 21.4 Å². The van der Waals surface area contributed by atoms with Crippen LogP contribution in [0.25, 0.3) is 10.9 Å². The Morgan fingerprint density at radius 2 is 2.09 bits per heavy atom. The standard InChI is InChI=1S/C24H20FN5O2S/c25-19-2-1-8-28-22(19)24(6-7-24)15-3-4-20-18(10-15)17(5-9-27-20)23(32)29-12-21(31)30-14-33-13-16(30)11-26/h1-5,8-10,16H,6-7,12-14H2,(H,29,32)/t16-/m1/s1. The fraction of sp³-hybridized carbons (Fsp3) is 0.292. The zero-order chi connectivity index (χ0) is 23.0. The van der Waals surface area contributed by atoms with Crippen molar-refractivity contribution in [1.29, 1.82) is 5.26 Å². The van der Waals surface area contributed by atoms with Crippen LogP contribution in [0.5, 0.6) is 0 Å². The Morgan fingerprint density at radius 1 is 1.24 bits per heavy atom. The first kappa shape index (κ1) is 21.3. The summed E-state index contributed by atoms with van der Waals surface area (Å²) in [5, 5.41) is 12.5. The van der Waals surface area contributed by atoms with Crippen LogP contribution in [0.3, 0.4) is 0 Å². The van der Waals surface area contributed by atoms with Crippen LogP contribution in [0.2, 0.25) is 0 Å². The van der Waals surface area contributed by atoms with Gasteiger partial charge in [-0.15, -0.1) is 11.8 Å². The summed E-state index contributed by atoms with van der Waals surface area (Å²) in [7, 11) is 0. The van der Waals surface area contributed by atoms with Crippen molar-refractivity contribution in [2.24, 2.45) is 0 Å². The van der Waals surface area contributed by atoms with Crippen LogP contribution in [0.15, 0.2) is 48.8 Å². The summed E-state index contributed by atoms with van der Waals surface area (Å²) in [5.41, 5.74) is 1.82. The van der Waals surface area contributed by atoms with Gasteiger partial charge < -0.3 is 10.2 Å². The van der Waals surface area contributed by atoms with Crippen molar-refractivity contribution in [3.05, 3.63) is 71.4 Å². The van der Waals surface area contributed by atoms with Gasteiger partial charge in [-0.3, -0.25) is 19.6 Å². The summed E-state index contributed by atoms with van der Waals surface area (Å²) < 4.78 is 14.5. The van der Waals surface area contributed by atoms with Crippen molar-refractivity contribution in [1.82, 2.24) is 20.2 Å². The molecule has 2 fully saturated rings. The highest BCUT2D eigenvalue weighted by molar-refractivity contribution is 7.99. The number of amides is 2. The zero-order valence-electron chi connectivity index (χ0n) is 17.6. The topological polar surface area (TPSA) is 99.0 Å². The summed E-state index contributed by atoms with van der Waals surface area (Å²) in [6, 6.07) is 11.9. The van der Waals surface area contributed by atoms with E-state index in [1.807, 2.05) is 18.2 Å². The highest BCUT2D eigenvalue weighted by Crippen LogP contribution is 2.53. The number of rotatable bonds is 5. The van der Waals surface area contributed by atoms with Gasteiger partial charge in [0.15, 0.2) is 0 Å². The first-order chi connectivity index (χ1) is 16.0. The van der Waals surface area contributed by atoms with Crippen molar-refractivity contribution in [2.45, 2.75) is 24.3 Å². The number of hydrogen-bond donors (Lipinski definition) is 1. The molecule has 5 rings (SSSR count). The molecule has 1 N–H and O–H groups in total. The van der Waals surface area contributed by atoms with Gasteiger partial charge in [0.25, 0.3) is 5.91 Å². The molecule has 166 valence electrons. The minimum Gasteiger partial charge on any atom is -0.343 e. The molecule has 0 radical (unpaired) electrons. The fourth-order valence-electron chi connectivity index (χ4n) is 4.31. The lowest BCUT2D eigenvalue weighted by atomic mass is 9.89. The number of nitriles is 1. The first-order valence-electron chi connectivity index (χ1n) is 10.6. The van der Waals surface area contributed by atoms with Crippen molar-refractivity contribution in [2.75, 3.05) is 18.2 Å². The molecule has 3 heterocycles. The van der Waals surface area contributed by atoms with Crippen molar-refractivity contribution in [3.63, 3.8) is 0 Å². The summed E-state index contributed by atoms with van der Waals surface area (Å²) >= 11 is 1.51. The van der Waals surface area contributed by atoms with Gasteiger partial charge in [0, 0.05) is 28.9 Å². The predicted octanol–water partition coefficient (Wildman–Crippen LogP) is 3.00. The summed E-state index contributed by atoms with van der Waals surface area (Å²) in [5.74, 6) is -0.00938. The van der Waals surface area contributed by atoms with Crippen LogP contribution in [0.4, 0.5) is 4.39 Å². The second kappa shape index (κ2) is 8.45. The third kappa shape index (κ3) is 3.80. The lowest BCUT2D eigenvalue weighted by Gasteiger charge is -2.19. The molecule has 0 spiro atoms. The number of aromatic nitrogens is 2. The molecule has 0 unspecified atom stereocenters. The number of fused-ring (bicyclic) bond motifs is 1. The molecular weight excluding hydrogens is 441 g/mol. The van der Waals surface area contributed by atoms with E-state index >= 15 is 0 Å². The Morgan fingerprint density at radius 3 is 2.85 bits per heavy atom. The molecule has 2 aliphatic rings. The van der Waals surface area contributed by atoms with Crippen LogP contribution in [0, 0.1) is 17.1 Å². The average Bonchev–Trinajstić information content (AvgIpc) is 3.50. The van der Waals surface area contributed by atoms with E-state index < -0.39 is 17.4 Å². The fourth-order valence-corrected chi connectivity index (χ4v) is 5.42. The SMILES string of the molecule is N#C[C@@H]1CSCN1C(=O)CNC(=O)c1ccnc2ccc(C3(c4ncccc4F)CC3)cc12. The highest BCUT2D eigenvalue weighted by Gasteiger charge is 2.49. The van der Waals surface area contributed by atoms with E-state index in [-0.39, 0.29) is 18.3 Å². The molecule has 2 amide bonds. The number of carbonyl (C=O) groups is 2. The monoisotopic (exact) mass is 461 g/mol. The molecule has 33 heavy (non-hydrogen) atoms. The van der Waals surface area contributed by atoms with Crippen molar-refractivity contribution in [3.8, 4) is 6.07 Å². The molecule has 3 aromatic rings. The number of halogens is 1. The zero-order valence-corrected chi connectivity index (χ0v) is 18.4. The van der Waals surface area contributed by atoms with E-state index in [0.717, 1.165) is 18.4 Å². The number of pyridine rings is 2. The molecule has 0 bridgehead atoms. The second-order valence-electron chi connectivity index (χ2n) is 8.20. The molecule has 7 nitrogen and oxygen atoms in total. The maximum absolute atomic E-state index is 14.5. The number of nitrogens with zero attached hydrogens (tertiary/aromatic N) is 4. The third-order valence-electron chi connectivity index (χ3n) is 6.25. The summed E-state index contributed by atoms with van der Waals surface area (Å²) in [6.07, 6.45) is 4.69. The summed E-state index contributed by atoms with van der Waals surface area (Å²) in [6.45, 7) is -0.190. The van der Waals surface area contributed by atoms with Crippen molar-refractivity contribution < 1.29 is 14.0 Å². The molecular formula is C24H20FN5O2S. The largest absolute Gasteiger partial charge is 0.343 e. The highest BCUT2D eigenvalue weighted by atomic mass is 32.2. The van der Waals surface area contributed by atoms with Crippen LogP contribution in [-0.2, 0) is 10.2 Å². The molecule has 9 heteroatoms. The van der Waals surface area contributed by atoms with Gasteiger partial charge in [0.2, 0.25) is 5.91 Å². The van der Waals surface area contributed by atoms with Gasteiger partial charge in [0.05, 0.1) is 35.3 Å². The van der Waals surface area contributed by atoms with Gasteiger partial charge in [0.1, 0.15) is 11.9 Å². The number of carbonyl (C=O) groups excluding carboxylic acids is 2. The predicted molar refractivity (Wildman–Crippen MR) is 122 cm³/mol. The molecule has 1 saturated heterocycles. The third-order valence-corrected chi connectivity index (χ3v) is 7.26. The van der Waals surface area contributed by atoms with E-state index in [1.54, 1.807) is 24.5 Å². The molecule has 1 atom stereocenters. The van der Waals surface area contributed by atoms with Gasteiger partial charge in [-0.2, -0.15) is 5.26 Å². The Kier molecular flexibility index (Phi) is 5.46. The van der Waals surface area contributed by atoms with Crippen LogP contribution < -0.4 is 5.32 Å². The van der Waals surface area contributed by atoms with E-state index in [4.69, 9.17) is 0 Å². The van der Waals surface area contributed by atoms with Gasteiger partial charge in [-0.25, -0.2) is 4.39 Å². The molecule has 1 aliphatic heterocycles. The molecule has 1 aliphatic carbocycles. The normalized spacial score (nSPS) is 18.7. The lowest BCUT2D eigenvalue weighted by molar-refractivity contribution is -0.129. The number of hydrogen-bond acceptors (Lipinski definition) is 6. The van der Waals surface area contributed by atoms with Crippen LogP contribution in [0.1, 0.15) is 34.5 Å². The minimum absolute atomic E-state index is 0.190. The molecule has 1 saturated carbocycles. The van der Waals surface area contributed by atoms with Crippen LogP contribution in [-0.4, -0.2) is 50.9 Å². The van der Waals surface area contributed by atoms with Crippen LogP contribution >= 0.6 is 11.8 Å². The van der Waals surface area contributed by atoms with Crippen molar-refractivity contribution >= 4 is 34.5 Å². The van der Waals surface area contributed by atoms with Gasteiger partial charge in [-0.1, -0.05) is 6.07 Å². The number of benzene rings is 1. The Hall–Kier alpha value is -3.51. The number of nitrogens with one attached hydrogen (secondary N) is 1. The van der Waals surface area contributed by atoms with Gasteiger partial charge >= 0.3 is 0 Å². The summed E-state index contributed by atoms with van der Waals surface area (Å²) in [4.78, 5) is 35.6. The van der Waals surface area contributed by atoms with E-state index in [0.29, 0.717) is 33.8 Å². The second-order valence-corrected chi connectivity index (χ2v) is 9.20. The Labute approximate surface area is 194 Å². The Balaban J connectivity index is 1.41. The Bertz CT molecular complexity index is 1300. The molecule has 2 aromatic heterocycles. The lowest BCUT2D eigenvalue weighted by Crippen LogP contribution is -2.42. The van der Waals surface area contributed by atoms with E-state index in [9.17, 15) is 19.2 Å². The first-order valence-corrected chi connectivity index (χ1v) is 11.7. The minimum atomic E-state index is -0.501.